The van der Waals surface area contributed by atoms with Gasteiger partial charge in [0.15, 0.2) is 11.5 Å². The lowest BCUT2D eigenvalue weighted by Crippen LogP contribution is -2.46. The zero-order chi connectivity index (χ0) is 26.4. The third kappa shape index (κ3) is 6.31. The van der Waals surface area contributed by atoms with Gasteiger partial charge >= 0.3 is 18.1 Å². The summed E-state index contributed by atoms with van der Waals surface area (Å²) in [4.78, 5) is 23.8. The fourth-order valence-electron chi connectivity index (χ4n) is 2.65. The van der Waals surface area contributed by atoms with Crippen LogP contribution in [-0.2, 0) is 9.59 Å². The van der Waals surface area contributed by atoms with Crippen LogP contribution in [0.5, 0.6) is 28.7 Å². The second-order valence-corrected chi connectivity index (χ2v) is 6.60. The molecule has 1 N–H and O–H groups in total. The van der Waals surface area contributed by atoms with Crippen LogP contribution in [0.1, 0.15) is 5.56 Å². The van der Waals surface area contributed by atoms with Gasteiger partial charge in [-0.3, -0.25) is 4.79 Å². The zero-order valence-electron chi connectivity index (χ0n) is 18.8. The summed E-state index contributed by atoms with van der Waals surface area (Å²) in [7, 11) is 5.31. The van der Waals surface area contributed by atoms with Gasteiger partial charge in [-0.25, -0.2) is 4.79 Å². The van der Waals surface area contributed by atoms with Crippen molar-refractivity contribution in [3.63, 3.8) is 0 Å². The molecule has 0 heterocycles. The molecule has 0 aliphatic heterocycles. The van der Waals surface area contributed by atoms with Crippen molar-refractivity contribution in [1.82, 2.24) is 0 Å². The van der Waals surface area contributed by atoms with E-state index in [1.807, 2.05) is 0 Å². The van der Waals surface area contributed by atoms with Crippen LogP contribution in [0, 0.1) is 0 Å². The van der Waals surface area contributed by atoms with E-state index in [1.165, 1.54) is 33.5 Å². The Morgan fingerprint density at radius 3 is 1.86 bits per heavy atom. The molecule has 35 heavy (non-hydrogen) atoms. The highest BCUT2D eigenvalue weighted by Crippen LogP contribution is 2.39. The number of amides is 1. The molecule has 0 atom stereocenters. The smallest absolute Gasteiger partial charge is 0.465 e. The molecule has 0 aliphatic rings. The van der Waals surface area contributed by atoms with Gasteiger partial charge in [0.05, 0.1) is 34.0 Å². The Hall–Kier alpha value is -4.03. The second kappa shape index (κ2) is 10.9. The van der Waals surface area contributed by atoms with E-state index in [2.05, 4.69) is 10.1 Å². The molecule has 0 radical (unpaired) electrons. The Bertz CT molecular complexity index is 1090. The lowest BCUT2D eigenvalue weighted by molar-refractivity contribution is -0.276. The molecular weight excluding hydrogens is 485 g/mol. The van der Waals surface area contributed by atoms with Gasteiger partial charge in [-0.1, -0.05) is 0 Å². The van der Waals surface area contributed by atoms with Gasteiger partial charge in [0.25, 0.3) is 0 Å². The first-order valence-corrected chi connectivity index (χ1v) is 9.51. The van der Waals surface area contributed by atoms with E-state index in [1.54, 1.807) is 12.1 Å². The van der Waals surface area contributed by atoms with Crippen molar-refractivity contribution >= 4 is 23.6 Å². The molecule has 2 aromatic rings. The number of alkyl halides is 5. The number of hydrogen-bond acceptors (Lipinski definition) is 7. The van der Waals surface area contributed by atoms with Gasteiger partial charge in [0, 0.05) is 30.0 Å². The Labute approximate surface area is 196 Å². The van der Waals surface area contributed by atoms with E-state index in [-0.39, 0.29) is 11.4 Å². The van der Waals surface area contributed by atoms with Crippen molar-refractivity contribution in [3.05, 3.63) is 42.0 Å². The molecule has 2 aromatic carbocycles. The van der Waals surface area contributed by atoms with E-state index < -0.39 is 29.7 Å². The van der Waals surface area contributed by atoms with Crippen LogP contribution in [0.2, 0.25) is 0 Å². The standard InChI is InChI=1S/C22H20F5NO7/c1-31-13-10-16(33-3)14(17(11-13)34-4)6-8-19(29)28-12-5-7-15(32-2)18(9-12)35-20(30)21(23,24)22(25,26)27/h5-11H,1-4H3,(H,28,29). The molecule has 0 aliphatic carbocycles. The Balaban J connectivity index is 2.26. The minimum Gasteiger partial charge on any atom is -0.496 e. The molecule has 2 rings (SSSR count). The number of halogens is 5. The number of methoxy groups -OCH3 is 4. The van der Waals surface area contributed by atoms with Gasteiger partial charge in [-0.15, -0.1) is 0 Å². The van der Waals surface area contributed by atoms with Crippen LogP contribution in [0.25, 0.3) is 6.08 Å². The summed E-state index contributed by atoms with van der Waals surface area (Å²) in [5.74, 6) is -9.32. The minimum absolute atomic E-state index is 0.0905. The largest absolute Gasteiger partial charge is 0.496 e. The molecule has 1 amide bonds. The topological polar surface area (TPSA) is 92.3 Å². The molecule has 0 saturated carbocycles. The SMILES string of the molecule is COc1cc(OC)c(C=CC(=O)Nc2ccc(OC)c(OC(=O)C(F)(F)C(F)(F)F)c2)c(OC)c1. The summed E-state index contributed by atoms with van der Waals surface area (Å²) in [5.41, 5.74) is 0.303. The average Bonchev–Trinajstić information content (AvgIpc) is 2.81. The predicted molar refractivity (Wildman–Crippen MR) is 113 cm³/mol. The van der Waals surface area contributed by atoms with Crippen LogP contribution in [0.15, 0.2) is 36.4 Å². The van der Waals surface area contributed by atoms with Crippen molar-refractivity contribution < 1.29 is 55.2 Å². The molecule has 0 saturated heterocycles. The first-order valence-electron chi connectivity index (χ1n) is 9.51. The molecule has 13 heteroatoms. The molecule has 0 fully saturated rings. The first kappa shape index (κ1) is 27.2. The predicted octanol–water partition coefficient (Wildman–Crippen LogP) is 4.48. The van der Waals surface area contributed by atoms with Crippen LogP contribution >= 0.6 is 0 Å². The molecule has 8 nitrogen and oxygen atoms in total. The summed E-state index contributed by atoms with van der Waals surface area (Å²) in [6.45, 7) is 0. The Morgan fingerprint density at radius 1 is 0.800 bits per heavy atom. The number of carbonyl (C=O) groups excluding carboxylic acids is 2. The van der Waals surface area contributed by atoms with Gasteiger partial charge in [0.2, 0.25) is 5.91 Å². The zero-order valence-corrected chi connectivity index (χ0v) is 18.8. The maximum atomic E-state index is 13.2. The molecule has 0 bridgehead atoms. The number of ether oxygens (including phenoxy) is 5. The molecule has 0 unspecified atom stereocenters. The van der Waals surface area contributed by atoms with Gasteiger partial charge in [-0.2, -0.15) is 22.0 Å². The summed E-state index contributed by atoms with van der Waals surface area (Å²) in [5, 5.41) is 2.35. The molecular formula is C22H20F5NO7. The first-order chi connectivity index (χ1) is 16.4. The van der Waals surface area contributed by atoms with Crippen LogP contribution in [0.4, 0.5) is 27.6 Å². The van der Waals surface area contributed by atoms with E-state index in [4.69, 9.17) is 18.9 Å². The van der Waals surface area contributed by atoms with E-state index in [0.29, 0.717) is 22.8 Å². The molecule has 0 spiro atoms. The van der Waals surface area contributed by atoms with Crippen molar-refractivity contribution in [2.75, 3.05) is 33.8 Å². The van der Waals surface area contributed by atoms with Gasteiger partial charge in [0.1, 0.15) is 17.2 Å². The summed E-state index contributed by atoms with van der Waals surface area (Å²) < 4.78 is 88.4. The highest BCUT2D eigenvalue weighted by Gasteiger charge is 2.65. The number of rotatable bonds is 9. The van der Waals surface area contributed by atoms with Gasteiger partial charge in [-0.05, 0) is 18.2 Å². The maximum Gasteiger partial charge on any atom is 0.465 e. The average molecular weight is 505 g/mol. The van der Waals surface area contributed by atoms with Gasteiger partial charge < -0.3 is 29.0 Å². The van der Waals surface area contributed by atoms with E-state index in [9.17, 15) is 31.5 Å². The van der Waals surface area contributed by atoms with E-state index in [0.717, 1.165) is 25.3 Å². The summed E-state index contributed by atoms with van der Waals surface area (Å²) >= 11 is 0. The highest BCUT2D eigenvalue weighted by atomic mass is 19.4. The number of esters is 1. The Morgan fingerprint density at radius 2 is 1.37 bits per heavy atom. The fourth-order valence-corrected chi connectivity index (χ4v) is 2.65. The number of benzene rings is 2. The lowest BCUT2D eigenvalue weighted by atomic mass is 10.1. The highest BCUT2D eigenvalue weighted by molar-refractivity contribution is 6.02. The van der Waals surface area contributed by atoms with Crippen LogP contribution in [-0.4, -0.2) is 52.4 Å². The normalized spacial score (nSPS) is 11.7. The van der Waals surface area contributed by atoms with E-state index >= 15 is 0 Å². The number of nitrogens with one attached hydrogen (secondary N) is 1. The van der Waals surface area contributed by atoms with Crippen molar-refractivity contribution in [3.8, 4) is 28.7 Å². The number of hydrogen-bond donors (Lipinski definition) is 1. The monoisotopic (exact) mass is 505 g/mol. The van der Waals surface area contributed by atoms with Crippen molar-refractivity contribution in [2.24, 2.45) is 0 Å². The third-order valence-electron chi connectivity index (χ3n) is 4.40. The number of carbonyl (C=O) groups is 2. The molecule has 0 aromatic heterocycles. The summed E-state index contributed by atoms with van der Waals surface area (Å²) in [6.07, 6.45) is -3.71. The van der Waals surface area contributed by atoms with Crippen molar-refractivity contribution in [1.29, 1.82) is 0 Å². The maximum absolute atomic E-state index is 13.2. The minimum atomic E-state index is -6.16. The van der Waals surface area contributed by atoms with Crippen molar-refractivity contribution in [2.45, 2.75) is 12.1 Å². The Kier molecular flexibility index (Phi) is 8.50. The quantitative estimate of drug-likeness (QED) is 0.233. The van der Waals surface area contributed by atoms with Crippen LogP contribution in [0.3, 0.4) is 0 Å². The lowest BCUT2D eigenvalue weighted by Gasteiger charge is -2.18. The second-order valence-electron chi connectivity index (χ2n) is 6.60. The third-order valence-corrected chi connectivity index (χ3v) is 4.40. The number of anilines is 1. The van der Waals surface area contributed by atoms with Crippen LogP contribution < -0.4 is 29.0 Å². The fraction of sp³-hybridized carbons (Fsp3) is 0.273. The molecule has 190 valence electrons. The summed E-state index contributed by atoms with van der Waals surface area (Å²) in [6, 6.07) is 6.31.